The summed E-state index contributed by atoms with van der Waals surface area (Å²) in [6.07, 6.45) is 0. The Kier molecular flexibility index (Phi) is 5.59. The predicted octanol–water partition coefficient (Wildman–Crippen LogP) is 3.74. The minimum Gasteiger partial charge on any atom is -0.348 e. The summed E-state index contributed by atoms with van der Waals surface area (Å²) in [6.45, 7) is 4.01. The second kappa shape index (κ2) is 6.50. The average Bonchev–Trinajstić information content (AvgIpc) is 2.28. The molecule has 1 rings (SSSR count). The lowest BCUT2D eigenvalue weighted by Gasteiger charge is -2.20. The van der Waals surface area contributed by atoms with Crippen molar-refractivity contribution in [3.63, 3.8) is 0 Å². The van der Waals surface area contributed by atoms with Gasteiger partial charge in [-0.3, -0.25) is 4.79 Å². The second-order valence-electron chi connectivity index (χ2n) is 4.08. The molecule has 0 saturated carbocycles. The highest BCUT2D eigenvalue weighted by atomic mass is 79.9. The molecule has 2 nitrogen and oxygen atoms in total. The zero-order chi connectivity index (χ0) is 13.0. The Morgan fingerprint density at radius 3 is 2.65 bits per heavy atom. The van der Waals surface area contributed by atoms with Crippen molar-refractivity contribution in [2.75, 3.05) is 5.33 Å². The van der Waals surface area contributed by atoms with Gasteiger partial charge in [-0.1, -0.05) is 35.8 Å². The Morgan fingerprint density at radius 2 is 2.12 bits per heavy atom. The SMILES string of the molecule is CC(C)C(CBr)NC(=O)c1cccc(Br)c1F. The van der Waals surface area contributed by atoms with Crippen LogP contribution >= 0.6 is 31.9 Å². The molecule has 0 radical (unpaired) electrons. The van der Waals surface area contributed by atoms with Gasteiger partial charge in [0, 0.05) is 11.4 Å². The number of rotatable bonds is 4. The molecule has 1 atom stereocenters. The topological polar surface area (TPSA) is 29.1 Å². The minimum absolute atomic E-state index is 0.0131. The highest BCUT2D eigenvalue weighted by Crippen LogP contribution is 2.19. The summed E-state index contributed by atoms with van der Waals surface area (Å²) in [5.41, 5.74) is 0.0611. The van der Waals surface area contributed by atoms with Crippen LogP contribution in [0.2, 0.25) is 0 Å². The maximum atomic E-state index is 13.7. The van der Waals surface area contributed by atoms with Gasteiger partial charge < -0.3 is 5.32 Å². The van der Waals surface area contributed by atoms with Crippen LogP contribution in [0.15, 0.2) is 22.7 Å². The summed E-state index contributed by atoms with van der Waals surface area (Å²) in [5.74, 6) is -0.627. The number of carbonyl (C=O) groups excluding carboxylic acids is 1. The lowest BCUT2D eigenvalue weighted by molar-refractivity contribution is 0.0927. The molecule has 5 heteroatoms. The molecule has 0 saturated heterocycles. The number of halogens is 3. The molecule has 0 heterocycles. The maximum Gasteiger partial charge on any atom is 0.254 e. The molecule has 1 aromatic carbocycles. The molecule has 1 N–H and O–H groups in total. The van der Waals surface area contributed by atoms with Crippen LogP contribution in [0.3, 0.4) is 0 Å². The van der Waals surface area contributed by atoms with E-state index in [9.17, 15) is 9.18 Å². The van der Waals surface area contributed by atoms with Gasteiger partial charge in [0.2, 0.25) is 0 Å². The van der Waals surface area contributed by atoms with E-state index in [1.54, 1.807) is 12.1 Å². The molecule has 0 aromatic heterocycles. The van der Waals surface area contributed by atoms with Crippen molar-refractivity contribution in [3.8, 4) is 0 Å². The zero-order valence-electron chi connectivity index (χ0n) is 9.64. The van der Waals surface area contributed by atoms with Crippen molar-refractivity contribution in [2.24, 2.45) is 5.92 Å². The van der Waals surface area contributed by atoms with Crippen molar-refractivity contribution < 1.29 is 9.18 Å². The number of hydrogen-bond donors (Lipinski definition) is 1. The number of amides is 1. The molecule has 0 fully saturated rings. The molecule has 0 aliphatic carbocycles. The Morgan fingerprint density at radius 1 is 1.47 bits per heavy atom. The zero-order valence-corrected chi connectivity index (χ0v) is 12.8. The Hall–Kier alpha value is -0.420. The molecule has 0 aliphatic heterocycles. The number of alkyl halides is 1. The molecule has 17 heavy (non-hydrogen) atoms. The highest BCUT2D eigenvalue weighted by Gasteiger charge is 2.19. The number of hydrogen-bond acceptors (Lipinski definition) is 1. The first kappa shape index (κ1) is 14.6. The van der Waals surface area contributed by atoms with Crippen LogP contribution in [-0.4, -0.2) is 17.3 Å². The highest BCUT2D eigenvalue weighted by molar-refractivity contribution is 9.10. The largest absolute Gasteiger partial charge is 0.348 e. The fourth-order valence-electron chi connectivity index (χ4n) is 1.31. The van der Waals surface area contributed by atoms with E-state index in [1.807, 2.05) is 13.8 Å². The Bertz CT molecular complexity index is 409. The molecular formula is C12H14Br2FNO. The van der Waals surface area contributed by atoms with Gasteiger partial charge >= 0.3 is 0 Å². The van der Waals surface area contributed by atoms with Crippen LogP contribution in [0, 0.1) is 11.7 Å². The van der Waals surface area contributed by atoms with Gasteiger partial charge in [-0.15, -0.1) is 0 Å². The van der Waals surface area contributed by atoms with Crippen molar-refractivity contribution in [2.45, 2.75) is 19.9 Å². The first-order chi connectivity index (χ1) is 7.97. The van der Waals surface area contributed by atoms with Crippen LogP contribution < -0.4 is 5.32 Å². The van der Waals surface area contributed by atoms with Gasteiger partial charge in [-0.25, -0.2) is 4.39 Å². The first-order valence-electron chi connectivity index (χ1n) is 5.28. The summed E-state index contributed by atoms with van der Waals surface area (Å²) < 4.78 is 14.0. The number of nitrogens with one attached hydrogen (secondary N) is 1. The maximum absolute atomic E-state index is 13.7. The predicted molar refractivity (Wildman–Crippen MR) is 74.0 cm³/mol. The number of carbonyl (C=O) groups is 1. The smallest absolute Gasteiger partial charge is 0.254 e. The van der Waals surface area contributed by atoms with E-state index < -0.39 is 5.82 Å². The monoisotopic (exact) mass is 365 g/mol. The minimum atomic E-state index is -0.526. The summed E-state index contributed by atoms with van der Waals surface area (Å²) in [5, 5.41) is 3.45. The molecule has 1 aromatic rings. The van der Waals surface area contributed by atoms with Crippen molar-refractivity contribution >= 4 is 37.8 Å². The van der Waals surface area contributed by atoms with Crippen LogP contribution in [0.4, 0.5) is 4.39 Å². The fraction of sp³-hybridized carbons (Fsp3) is 0.417. The Balaban J connectivity index is 2.86. The van der Waals surface area contributed by atoms with Gasteiger partial charge in [0.05, 0.1) is 10.0 Å². The fourth-order valence-corrected chi connectivity index (χ4v) is 2.58. The van der Waals surface area contributed by atoms with Gasteiger partial charge in [0.1, 0.15) is 5.82 Å². The van der Waals surface area contributed by atoms with Crippen molar-refractivity contribution in [1.29, 1.82) is 0 Å². The number of benzene rings is 1. The molecule has 0 spiro atoms. The van der Waals surface area contributed by atoms with E-state index in [0.29, 0.717) is 9.80 Å². The Labute approximate surface area is 117 Å². The normalized spacial score (nSPS) is 12.6. The third-order valence-corrected chi connectivity index (χ3v) is 3.79. The average molecular weight is 367 g/mol. The van der Waals surface area contributed by atoms with E-state index >= 15 is 0 Å². The van der Waals surface area contributed by atoms with Crippen LogP contribution in [0.1, 0.15) is 24.2 Å². The molecule has 1 amide bonds. The first-order valence-corrected chi connectivity index (χ1v) is 7.19. The van der Waals surface area contributed by atoms with Crippen LogP contribution in [-0.2, 0) is 0 Å². The second-order valence-corrected chi connectivity index (χ2v) is 5.58. The molecule has 1 unspecified atom stereocenters. The van der Waals surface area contributed by atoms with E-state index in [1.165, 1.54) is 6.07 Å². The van der Waals surface area contributed by atoms with E-state index in [4.69, 9.17) is 0 Å². The standard InChI is InChI=1S/C12H14Br2FNO/c1-7(2)10(6-13)16-12(17)8-4-3-5-9(14)11(8)15/h3-5,7,10H,6H2,1-2H3,(H,16,17). The molecule has 94 valence electrons. The van der Waals surface area contributed by atoms with E-state index in [0.717, 1.165) is 0 Å². The van der Waals surface area contributed by atoms with Gasteiger partial charge in [0.15, 0.2) is 0 Å². The molecular weight excluding hydrogens is 353 g/mol. The third-order valence-electron chi connectivity index (χ3n) is 2.48. The van der Waals surface area contributed by atoms with Crippen molar-refractivity contribution in [3.05, 3.63) is 34.1 Å². The third kappa shape index (κ3) is 3.78. The van der Waals surface area contributed by atoms with E-state index in [2.05, 4.69) is 37.2 Å². The van der Waals surface area contributed by atoms with Crippen LogP contribution in [0.5, 0.6) is 0 Å². The van der Waals surface area contributed by atoms with Gasteiger partial charge in [-0.05, 0) is 34.0 Å². The lowest BCUT2D eigenvalue weighted by Crippen LogP contribution is -2.40. The summed E-state index contributed by atoms with van der Waals surface area (Å²) >= 11 is 6.40. The van der Waals surface area contributed by atoms with Gasteiger partial charge in [0.25, 0.3) is 5.91 Å². The lowest BCUT2D eigenvalue weighted by atomic mass is 10.1. The summed E-state index contributed by atoms with van der Waals surface area (Å²) in [4.78, 5) is 11.9. The van der Waals surface area contributed by atoms with Gasteiger partial charge in [-0.2, -0.15) is 0 Å². The molecule has 0 aliphatic rings. The quantitative estimate of drug-likeness (QED) is 0.808. The van der Waals surface area contributed by atoms with Crippen molar-refractivity contribution in [1.82, 2.24) is 5.32 Å². The van der Waals surface area contributed by atoms with Crippen LogP contribution in [0.25, 0.3) is 0 Å². The molecule has 0 bridgehead atoms. The summed E-state index contributed by atoms with van der Waals surface area (Å²) in [6, 6.07) is 4.67. The van der Waals surface area contributed by atoms with E-state index in [-0.39, 0.29) is 23.4 Å². The summed E-state index contributed by atoms with van der Waals surface area (Å²) in [7, 11) is 0.